The summed E-state index contributed by atoms with van der Waals surface area (Å²) in [7, 11) is 0. The molecule has 0 amide bonds. The Balaban J connectivity index is 1.35. The van der Waals surface area contributed by atoms with E-state index in [1.54, 1.807) is 12.4 Å². The number of nitrogens with zero attached hydrogens (tertiary/aromatic N) is 2. The van der Waals surface area contributed by atoms with Crippen LogP contribution in [-0.2, 0) is 13.1 Å². The van der Waals surface area contributed by atoms with Gasteiger partial charge in [0.2, 0.25) is 0 Å². The van der Waals surface area contributed by atoms with Crippen LogP contribution in [0.25, 0.3) is 10.9 Å². The molecule has 6 heteroatoms. The molecule has 0 radical (unpaired) electrons. The lowest BCUT2D eigenvalue weighted by Crippen LogP contribution is -2.12. The number of halogens is 2. The number of benzene rings is 1. The van der Waals surface area contributed by atoms with Crippen LogP contribution in [0.1, 0.15) is 29.3 Å². The van der Waals surface area contributed by atoms with Crippen molar-refractivity contribution in [3.63, 3.8) is 0 Å². The first kappa shape index (κ1) is 14.4. The molecule has 1 aliphatic carbocycles. The van der Waals surface area contributed by atoms with Crippen molar-refractivity contribution < 1.29 is 8.78 Å². The fraction of sp³-hybridized carbons (Fsp3) is 0.353. The van der Waals surface area contributed by atoms with Gasteiger partial charge in [0.1, 0.15) is 6.04 Å². The molecule has 1 aliphatic rings. The van der Waals surface area contributed by atoms with E-state index in [4.69, 9.17) is 0 Å². The van der Waals surface area contributed by atoms with E-state index in [-0.39, 0.29) is 6.42 Å². The standard InChI is InChI=1S/C17H18F2N4/c1-11-4-14-5-12(2-3-15(14)22-11)7-20-8-13-9-21-23(10-13)16-6-17(16,18)19/h2-5,9-10,16,20,22H,6-8H2,1H3. The van der Waals surface area contributed by atoms with Crippen molar-refractivity contribution in [1.82, 2.24) is 20.1 Å². The second-order valence-corrected chi connectivity index (χ2v) is 6.29. The van der Waals surface area contributed by atoms with Crippen molar-refractivity contribution in [2.24, 2.45) is 0 Å². The van der Waals surface area contributed by atoms with Gasteiger partial charge in [-0.2, -0.15) is 5.10 Å². The summed E-state index contributed by atoms with van der Waals surface area (Å²) in [6.07, 6.45) is 3.26. The van der Waals surface area contributed by atoms with E-state index in [1.807, 2.05) is 6.92 Å². The molecule has 23 heavy (non-hydrogen) atoms. The summed E-state index contributed by atoms with van der Waals surface area (Å²) < 4.78 is 27.4. The van der Waals surface area contributed by atoms with E-state index in [9.17, 15) is 8.78 Å². The zero-order valence-corrected chi connectivity index (χ0v) is 12.8. The third kappa shape index (κ3) is 2.86. The first-order valence-corrected chi connectivity index (χ1v) is 7.71. The predicted molar refractivity (Wildman–Crippen MR) is 84.4 cm³/mol. The highest BCUT2D eigenvalue weighted by atomic mass is 19.3. The molecule has 3 aromatic rings. The smallest absolute Gasteiger partial charge is 0.272 e. The molecule has 120 valence electrons. The Labute approximate surface area is 132 Å². The van der Waals surface area contributed by atoms with Gasteiger partial charge < -0.3 is 10.3 Å². The lowest BCUT2D eigenvalue weighted by molar-refractivity contribution is 0.0983. The maximum atomic E-state index is 13.0. The second kappa shape index (κ2) is 5.16. The predicted octanol–water partition coefficient (Wildman–Crippen LogP) is 3.54. The largest absolute Gasteiger partial charge is 0.359 e. The molecule has 1 fully saturated rings. The van der Waals surface area contributed by atoms with E-state index >= 15 is 0 Å². The molecule has 4 rings (SSSR count). The van der Waals surface area contributed by atoms with Gasteiger partial charge in [0.15, 0.2) is 0 Å². The van der Waals surface area contributed by atoms with E-state index < -0.39 is 12.0 Å². The third-order valence-electron chi connectivity index (χ3n) is 4.25. The van der Waals surface area contributed by atoms with Gasteiger partial charge in [0.05, 0.1) is 6.20 Å². The van der Waals surface area contributed by atoms with E-state index in [2.05, 4.69) is 39.7 Å². The number of H-pyrrole nitrogens is 1. The summed E-state index contributed by atoms with van der Waals surface area (Å²) in [5.41, 5.74) is 4.40. The summed E-state index contributed by atoms with van der Waals surface area (Å²) in [6.45, 7) is 3.38. The quantitative estimate of drug-likeness (QED) is 0.756. The molecule has 0 aliphatic heterocycles. The molecular formula is C17H18F2N4. The van der Waals surface area contributed by atoms with Crippen LogP contribution in [0, 0.1) is 6.92 Å². The topological polar surface area (TPSA) is 45.6 Å². The maximum absolute atomic E-state index is 13.0. The highest BCUT2D eigenvalue weighted by Crippen LogP contribution is 2.52. The minimum Gasteiger partial charge on any atom is -0.359 e. The van der Waals surface area contributed by atoms with Crippen LogP contribution in [0.4, 0.5) is 8.78 Å². The summed E-state index contributed by atoms with van der Waals surface area (Å²) in [4.78, 5) is 3.30. The van der Waals surface area contributed by atoms with Gasteiger partial charge in [0, 0.05) is 42.5 Å². The maximum Gasteiger partial charge on any atom is 0.272 e. The van der Waals surface area contributed by atoms with E-state index in [0.717, 1.165) is 23.3 Å². The van der Waals surface area contributed by atoms with Crippen molar-refractivity contribution in [2.75, 3.05) is 0 Å². The monoisotopic (exact) mass is 316 g/mol. The van der Waals surface area contributed by atoms with Crippen LogP contribution in [0.3, 0.4) is 0 Å². The first-order valence-electron chi connectivity index (χ1n) is 7.71. The molecule has 1 saturated carbocycles. The van der Waals surface area contributed by atoms with Crippen LogP contribution < -0.4 is 5.32 Å². The molecule has 0 spiro atoms. The Morgan fingerprint density at radius 3 is 2.87 bits per heavy atom. The van der Waals surface area contributed by atoms with Gasteiger partial charge in [-0.15, -0.1) is 0 Å². The Kier molecular flexibility index (Phi) is 3.23. The first-order chi connectivity index (χ1) is 11.0. The molecule has 2 aromatic heterocycles. The molecule has 0 saturated heterocycles. The summed E-state index contributed by atoms with van der Waals surface area (Å²) in [6, 6.07) is 7.68. The van der Waals surface area contributed by atoms with Crippen molar-refractivity contribution in [3.8, 4) is 0 Å². The molecule has 2 N–H and O–H groups in total. The number of fused-ring (bicyclic) bond motifs is 1. The fourth-order valence-corrected chi connectivity index (χ4v) is 2.91. The zero-order chi connectivity index (χ0) is 16.0. The average molecular weight is 316 g/mol. The van der Waals surface area contributed by atoms with Crippen molar-refractivity contribution in [1.29, 1.82) is 0 Å². The molecule has 1 unspecified atom stereocenters. The minimum atomic E-state index is -2.58. The van der Waals surface area contributed by atoms with Gasteiger partial charge >= 0.3 is 0 Å². The highest BCUT2D eigenvalue weighted by molar-refractivity contribution is 5.81. The lowest BCUT2D eigenvalue weighted by atomic mass is 10.1. The SMILES string of the molecule is Cc1cc2cc(CNCc3cnn(C4CC4(F)F)c3)ccc2[nH]1. The van der Waals surface area contributed by atoms with Crippen LogP contribution in [0.5, 0.6) is 0 Å². The van der Waals surface area contributed by atoms with E-state index in [0.29, 0.717) is 6.54 Å². The van der Waals surface area contributed by atoms with Crippen molar-refractivity contribution >= 4 is 10.9 Å². The number of hydrogen-bond donors (Lipinski definition) is 2. The van der Waals surface area contributed by atoms with Gasteiger partial charge in [-0.25, -0.2) is 8.78 Å². The number of alkyl halides is 2. The Hall–Kier alpha value is -2.21. The van der Waals surface area contributed by atoms with Crippen LogP contribution in [0.2, 0.25) is 0 Å². The molecule has 4 nitrogen and oxygen atoms in total. The fourth-order valence-electron chi connectivity index (χ4n) is 2.91. The minimum absolute atomic E-state index is 0.0996. The van der Waals surface area contributed by atoms with Crippen LogP contribution >= 0.6 is 0 Å². The average Bonchev–Trinajstić information content (AvgIpc) is 2.88. The Morgan fingerprint density at radius 2 is 2.09 bits per heavy atom. The molecule has 1 atom stereocenters. The Bertz CT molecular complexity index is 849. The van der Waals surface area contributed by atoms with Crippen molar-refractivity contribution in [3.05, 3.63) is 53.5 Å². The molecule has 1 aromatic carbocycles. The number of aromatic nitrogens is 3. The van der Waals surface area contributed by atoms with Gasteiger partial charge in [-0.05, 0) is 36.1 Å². The third-order valence-corrected chi connectivity index (χ3v) is 4.25. The van der Waals surface area contributed by atoms with Gasteiger partial charge in [-0.1, -0.05) is 6.07 Å². The molecular weight excluding hydrogens is 298 g/mol. The van der Waals surface area contributed by atoms with Crippen LogP contribution in [-0.4, -0.2) is 20.7 Å². The van der Waals surface area contributed by atoms with Crippen LogP contribution in [0.15, 0.2) is 36.7 Å². The number of rotatable bonds is 5. The summed E-state index contributed by atoms with van der Waals surface area (Å²) >= 11 is 0. The summed E-state index contributed by atoms with van der Waals surface area (Å²) in [5, 5.41) is 8.57. The molecule has 0 bridgehead atoms. The number of nitrogens with one attached hydrogen (secondary N) is 2. The zero-order valence-electron chi connectivity index (χ0n) is 12.8. The van der Waals surface area contributed by atoms with Gasteiger partial charge in [0.25, 0.3) is 5.92 Å². The second-order valence-electron chi connectivity index (χ2n) is 6.29. The lowest BCUT2D eigenvalue weighted by Gasteiger charge is -2.04. The highest BCUT2D eigenvalue weighted by Gasteiger charge is 2.59. The number of aromatic amines is 1. The summed E-state index contributed by atoms with van der Waals surface area (Å²) in [5.74, 6) is -2.58. The molecule has 2 heterocycles. The number of aryl methyl sites for hydroxylation is 1. The van der Waals surface area contributed by atoms with Gasteiger partial charge in [-0.3, -0.25) is 4.68 Å². The Morgan fingerprint density at radius 1 is 1.30 bits per heavy atom. The van der Waals surface area contributed by atoms with Crippen molar-refractivity contribution in [2.45, 2.75) is 38.4 Å². The van der Waals surface area contributed by atoms with E-state index in [1.165, 1.54) is 15.6 Å². The number of hydrogen-bond acceptors (Lipinski definition) is 2. The normalized spacial score (nSPS) is 19.3.